The Labute approximate surface area is 206 Å². The summed E-state index contributed by atoms with van der Waals surface area (Å²) in [5.41, 5.74) is 6.42. The quantitative estimate of drug-likeness (QED) is 0.666. The molecule has 184 valence electrons. The van der Waals surface area contributed by atoms with Crippen LogP contribution in [0.25, 0.3) is 0 Å². The Bertz CT molecular complexity index is 1030. The van der Waals surface area contributed by atoms with Crippen LogP contribution in [-0.4, -0.2) is 64.2 Å². The number of rotatable bonds is 4. The van der Waals surface area contributed by atoms with Gasteiger partial charge in [-0.25, -0.2) is 18.7 Å². The molecular formula is C23H28ClF2N5O2S. The van der Waals surface area contributed by atoms with E-state index >= 15 is 0 Å². The minimum absolute atomic E-state index is 0.0227. The van der Waals surface area contributed by atoms with Gasteiger partial charge in [-0.1, -0.05) is 48.8 Å². The van der Waals surface area contributed by atoms with Gasteiger partial charge in [-0.05, 0) is 30.8 Å². The van der Waals surface area contributed by atoms with Gasteiger partial charge in [0.05, 0.1) is 35.1 Å². The lowest BCUT2D eigenvalue weighted by Gasteiger charge is -2.45. The zero-order valence-corrected chi connectivity index (χ0v) is 20.4. The second-order valence-corrected chi connectivity index (χ2v) is 11.4. The first-order valence-corrected chi connectivity index (χ1v) is 12.8. The van der Waals surface area contributed by atoms with Gasteiger partial charge < -0.3 is 10.6 Å². The number of imide groups is 1. The summed E-state index contributed by atoms with van der Waals surface area (Å²) in [6.45, 7) is 1.84. The van der Waals surface area contributed by atoms with Gasteiger partial charge in [0.15, 0.2) is 5.13 Å². The molecule has 0 spiro atoms. The summed E-state index contributed by atoms with van der Waals surface area (Å²) in [4.78, 5) is 37.0. The molecule has 3 aliphatic heterocycles. The van der Waals surface area contributed by atoms with Crippen LogP contribution in [0, 0.1) is 11.8 Å². The SMILES string of the molecule is CC1CCC(C(N)C(=O)N2C(=O)C3C=CC(Cl)=CN3C(CN3CC(F)(F)C3)c3cnc2s3)CC1. The van der Waals surface area contributed by atoms with E-state index in [0.29, 0.717) is 17.5 Å². The zero-order valence-electron chi connectivity index (χ0n) is 18.9. The van der Waals surface area contributed by atoms with Crippen LogP contribution < -0.4 is 10.6 Å². The monoisotopic (exact) mass is 511 g/mol. The maximum atomic E-state index is 13.8. The van der Waals surface area contributed by atoms with Gasteiger partial charge in [-0.15, -0.1) is 0 Å². The van der Waals surface area contributed by atoms with Crippen LogP contribution in [0.4, 0.5) is 13.9 Å². The average Bonchev–Trinajstić information content (AvgIpc) is 3.25. The largest absolute Gasteiger partial charge is 0.352 e. The molecule has 34 heavy (non-hydrogen) atoms. The van der Waals surface area contributed by atoms with Gasteiger partial charge in [-0.2, -0.15) is 0 Å². The van der Waals surface area contributed by atoms with E-state index in [1.807, 2.05) is 0 Å². The highest BCUT2D eigenvalue weighted by atomic mass is 35.5. The highest BCUT2D eigenvalue weighted by molar-refractivity contribution is 7.16. The molecule has 2 amide bonds. The van der Waals surface area contributed by atoms with E-state index in [1.54, 1.807) is 34.3 Å². The Morgan fingerprint density at radius 2 is 2.03 bits per heavy atom. The van der Waals surface area contributed by atoms with Crippen molar-refractivity contribution in [2.45, 2.75) is 56.7 Å². The van der Waals surface area contributed by atoms with Gasteiger partial charge >= 0.3 is 0 Å². The number of hydrogen-bond donors (Lipinski definition) is 1. The fourth-order valence-electron chi connectivity index (χ4n) is 5.31. The summed E-state index contributed by atoms with van der Waals surface area (Å²) in [6.07, 6.45) is 10.3. The molecule has 2 fully saturated rings. The van der Waals surface area contributed by atoms with Crippen LogP contribution in [0.5, 0.6) is 0 Å². The predicted octanol–water partition coefficient (Wildman–Crippen LogP) is 3.48. The molecule has 3 unspecified atom stereocenters. The molecule has 4 aliphatic rings. The van der Waals surface area contributed by atoms with Crippen molar-refractivity contribution in [2.75, 3.05) is 24.5 Å². The molecule has 2 bridgehead atoms. The van der Waals surface area contributed by atoms with E-state index in [4.69, 9.17) is 17.3 Å². The molecule has 0 aromatic carbocycles. The standard InChI is InChI=1S/C23H28ClF2N5O2S/c1-13-2-4-14(5-3-13)19(27)21(33)31-20(32)16-7-6-15(24)9-30(16)17(18-8-28-22(31)34-18)10-29-11-23(25,26)12-29/h6-9,13-14,16-17,19H,2-5,10-12,27H2,1H3. The maximum Gasteiger partial charge on any atom is 0.272 e. The van der Waals surface area contributed by atoms with Gasteiger partial charge in [-0.3, -0.25) is 14.5 Å². The van der Waals surface area contributed by atoms with Crippen LogP contribution in [0.2, 0.25) is 0 Å². The number of nitrogens with two attached hydrogens (primary N) is 1. The van der Waals surface area contributed by atoms with Crippen LogP contribution in [0.1, 0.15) is 43.5 Å². The Kier molecular flexibility index (Phi) is 6.29. The summed E-state index contributed by atoms with van der Waals surface area (Å²) in [6, 6.07) is -2.01. The molecule has 1 aromatic rings. The molecule has 1 saturated heterocycles. The normalized spacial score (nSPS) is 31.8. The van der Waals surface area contributed by atoms with E-state index < -0.39 is 35.9 Å². The van der Waals surface area contributed by atoms with Crippen molar-refractivity contribution < 1.29 is 18.4 Å². The molecule has 3 atom stereocenters. The summed E-state index contributed by atoms with van der Waals surface area (Å²) in [7, 11) is 0. The highest BCUT2D eigenvalue weighted by Crippen LogP contribution is 2.41. The second-order valence-electron chi connectivity index (χ2n) is 9.91. The third kappa shape index (κ3) is 4.41. The van der Waals surface area contributed by atoms with Crippen LogP contribution in [0.3, 0.4) is 0 Å². The number of fused-ring (bicyclic) bond motifs is 3. The number of halogens is 3. The lowest BCUT2D eigenvalue weighted by Crippen LogP contribution is -2.60. The smallest absolute Gasteiger partial charge is 0.272 e. The number of alkyl halides is 2. The van der Waals surface area contributed by atoms with Gasteiger partial charge in [0.25, 0.3) is 17.7 Å². The van der Waals surface area contributed by atoms with Crippen LogP contribution in [0.15, 0.2) is 29.6 Å². The number of likely N-dealkylation sites (tertiary alicyclic amines) is 1. The van der Waals surface area contributed by atoms with Crippen LogP contribution in [-0.2, 0) is 9.59 Å². The number of aromatic nitrogens is 1. The van der Waals surface area contributed by atoms with Crippen molar-refractivity contribution in [1.29, 1.82) is 0 Å². The lowest BCUT2D eigenvalue weighted by molar-refractivity contribution is -0.138. The first-order valence-electron chi connectivity index (χ1n) is 11.7. The number of amides is 2. The van der Waals surface area contributed by atoms with Gasteiger partial charge in [0, 0.05) is 18.9 Å². The third-order valence-electron chi connectivity index (χ3n) is 7.31. The van der Waals surface area contributed by atoms with Gasteiger partial charge in [0.1, 0.15) is 6.04 Å². The average molecular weight is 512 g/mol. The molecule has 4 heterocycles. The van der Waals surface area contributed by atoms with Crippen molar-refractivity contribution in [3.8, 4) is 0 Å². The minimum atomic E-state index is -2.69. The van der Waals surface area contributed by atoms with Crippen molar-refractivity contribution in [1.82, 2.24) is 14.8 Å². The predicted molar refractivity (Wildman–Crippen MR) is 127 cm³/mol. The topological polar surface area (TPSA) is 82.8 Å². The van der Waals surface area contributed by atoms with Crippen molar-refractivity contribution in [2.24, 2.45) is 17.6 Å². The molecule has 2 N–H and O–H groups in total. The second kappa shape index (κ2) is 8.96. The maximum absolute atomic E-state index is 13.8. The molecule has 11 heteroatoms. The molecule has 1 aliphatic carbocycles. The van der Waals surface area contributed by atoms with E-state index in [1.165, 1.54) is 11.3 Å². The number of hydrogen-bond acceptors (Lipinski definition) is 7. The highest BCUT2D eigenvalue weighted by Gasteiger charge is 2.47. The fraction of sp³-hybridized carbons (Fsp3) is 0.609. The first kappa shape index (κ1) is 23.8. The molecular weight excluding hydrogens is 484 g/mol. The molecule has 1 aromatic heterocycles. The fourth-order valence-corrected chi connectivity index (χ4v) is 6.52. The number of thiazole rings is 1. The van der Waals surface area contributed by atoms with E-state index in [2.05, 4.69) is 11.9 Å². The molecule has 1 saturated carbocycles. The van der Waals surface area contributed by atoms with E-state index in [0.717, 1.165) is 35.5 Å². The third-order valence-corrected chi connectivity index (χ3v) is 8.62. The lowest BCUT2D eigenvalue weighted by atomic mass is 9.79. The van der Waals surface area contributed by atoms with Crippen molar-refractivity contribution >= 4 is 39.9 Å². The number of allylic oxidation sites excluding steroid dienone is 2. The van der Waals surface area contributed by atoms with Crippen LogP contribution >= 0.6 is 22.9 Å². The Hall–Kier alpha value is -1.88. The first-order chi connectivity index (χ1) is 16.1. The van der Waals surface area contributed by atoms with E-state index in [9.17, 15) is 18.4 Å². The van der Waals surface area contributed by atoms with E-state index in [-0.39, 0.29) is 24.1 Å². The minimum Gasteiger partial charge on any atom is -0.352 e. The number of carbonyl (C=O) groups excluding carboxylic acids is 2. The Balaban J connectivity index is 1.45. The number of anilines is 1. The summed E-state index contributed by atoms with van der Waals surface area (Å²) in [5, 5.41) is 0.691. The molecule has 5 rings (SSSR count). The Morgan fingerprint density at radius 1 is 1.32 bits per heavy atom. The molecule has 0 radical (unpaired) electrons. The van der Waals surface area contributed by atoms with Gasteiger partial charge in [0.2, 0.25) is 0 Å². The zero-order chi connectivity index (χ0) is 24.2. The number of carbonyl (C=O) groups is 2. The van der Waals surface area contributed by atoms with Crippen molar-refractivity contribution in [3.05, 3.63) is 34.5 Å². The summed E-state index contributed by atoms with van der Waals surface area (Å²) < 4.78 is 26.9. The molecule has 7 nitrogen and oxygen atoms in total. The summed E-state index contributed by atoms with van der Waals surface area (Å²) in [5.74, 6) is -2.96. The number of nitrogens with zero attached hydrogens (tertiary/aromatic N) is 4. The van der Waals surface area contributed by atoms with Crippen molar-refractivity contribution in [3.63, 3.8) is 0 Å². The summed E-state index contributed by atoms with van der Waals surface area (Å²) >= 11 is 7.49. The Morgan fingerprint density at radius 3 is 2.71 bits per heavy atom.